The van der Waals surface area contributed by atoms with Crippen LogP contribution >= 0.6 is 0 Å². The van der Waals surface area contributed by atoms with Crippen molar-refractivity contribution < 1.29 is 14.6 Å². The second kappa shape index (κ2) is 8.84. The number of aliphatic hydroxyl groups is 2. The molecule has 0 radical (unpaired) electrons. The minimum absolute atomic E-state index is 0.0384. The molecule has 0 unspecified atom stereocenters. The van der Waals surface area contributed by atoms with Gasteiger partial charge in [0.15, 0.2) is 8.32 Å². The Balaban J connectivity index is 2.15. The van der Waals surface area contributed by atoms with Gasteiger partial charge >= 0.3 is 0 Å². The molecule has 5 atom stereocenters. The van der Waals surface area contributed by atoms with E-state index in [0.717, 1.165) is 31.3 Å². The number of allylic oxidation sites excluding steroid dienone is 2. The van der Waals surface area contributed by atoms with Crippen LogP contribution in [0, 0.1) is 22.7 Å². The van der Waals surface area contributed by atoms with Gasteiger partial charge in [-0.05, 0) is 89.6 Å². The van der Waals surface area contributed by atoms with E-state index in [9.17, 15) is 10.2 Å². The van der Waals surface area contributed by atoms with Gasteiger partial charge in [0.2, 0.25) is 0 Å². The summed E-state index contributed by atoms with van der Waals surface area (Å²) in [6.45, 7) is 16.5. The van der Waals surface area contributed by atoms with Gasteiger partial charge in [0, 0.05) is 0 Å². The van der Waals surface area contributed by atoms with E-state index in [1.54, 1.807) is 0 Å². The molecule has 4 heteroatoms. The van der Waals surface area contributed by atoms with Crippen molar-refractivity contribution in [3.05, 3.63) is 22.8 Å². The predicted octanol–water partition coefficient (Wildman–Crippen LogP) is 6.23. The van der Waals surface area contributed by atoms with E-state index >= 15 is 0 Å². The third kappa shape index (κ3) is 3.91. The SMILES string of the molecule is CC[Si](CC)(CC)O[C@H]1C[C@H](C(C)C)[C@@]2(C)CC[C@]3(C)CC[C@@H](O)C(CO)=C3C=C12. The number of aliphatic hydroxyl groups excluding tert-OH is 2. The average molecular weight is 435 g/mol. The molecule has 0 aromatic heterocycles. The smallest absolute Gasteiger partial charge is 0.192 e. The molecule has 0 bridgehead atoms. The average Bonchev–Trinajstić information content (AvgIpc) is 2.93. The van der Waals surface area contributed by atoms with Gasteiger partial charge in [0.1, 0.15) is 0 Å². The summed E-state index contributed by atoms with van der Waals surface area (Å²) in [5, 5.41) is 20.8. The van der Waals surface area contributed by atoms with Crippen LogP contribution in [0.3, 0.4) is 0 Å². The Kier molecular flexibility index (Phi) is 7.14. The summed E-state index contributed by atoms with van der Waals surface area (Å²) >= 11 is 0. The van der Waals surface area contributed by atoms with Crippen molar-refractivity contribution in [3.63, 3.8) is 0 Å². The maximum atomic E-state index is 10.7. The monoisotopic (exact) mass is 434 g/mol. The van der Waals surface area contributed by atoms with E-state index < -0.39 is 14.4 Å². The first kappa shape index (κ1) is 24.2. The lowest BCUT2D eigenvalue weighted by atomic mass is 9.66. The molecule has 172 valence electrons. The highest BCUT2D eigenvalue weighted by Gasteiger charge is 2.54. The first-order valence-electron chi connectivity index (χ1n) is 12.5. The lowest BCUT2D eigenvalue weighted by Gasteiger charge is -2.40. The zero-order valence-corrected chi connectivity index (χ0v) is 21.6. The first-order valence-corrected chi connectivity index (χ1v) is 15.0. The molecule has 0 heterocycles. The fourth-order valence-electron chi connectivity index (χ4n) is 6.95. The third-order valence-electron chi connectivity index (χ3n) is 9.46. The second-order valence-corrected chi connectivity index (χ2v) is 15.9. The van der Waals surface area contributed by atoms with Gasteiger partial charge in [-0.1, -0.05) is 54.5 Å². The van der Waals surface area contributed by atoms with Crippen LogP contribution in [0.5, 0.6) is 0 Å². The molecule has 0 amide bonds. The maximum absolute atomic E-state index is 10.7. The fourth-order valence-corrected chi connectivity index (χ4v) is 9.77. The first-order chi connectivity index (χ1) is 14.1. The van der Waals surface area contributed by atoms with E-state index in [2.05, 4.69) is 54.5 Å². The van der Waals surface area contributed by atoms with Crippen molar-refractivity contribution in [1.29, 1.82) is 0 Å². The Morgan fingerprint density at radius 2 is 1.73 bits per heavy atom. The van der Waals surface area contributed by atoms with E-state index in [0.29, 0.717) is 11.8 Å². The van der Waals surface area contributed by atoms with Crippen LogP contribution in [0.25, 0.3) is 0 Å². The quantitative estimate of drug-likeness (QED) is 0.467. The summed E-state index contributed by atoms with van der Waals surface area (Å²) in [5.74, 6) is 1.25. The van der Waals surface area contributed by atoms with Gasteiger partial charge in [-0.2, -0.15) is 0 Å². The molecule has 3 nitrogen and oxygen atoms in total. The Labute approximate surface area is 186 Å². The zero-order valence-electron chi connectivity index (χ0n) is 20.6. The molecule has 2 N–H and O–H groups in total. The Morgan fingerprint density at radius 1 is 1.10 bits per heavy atom. The third-order valence-corrected chi connectivity index (χ3v) is 14.1. The predicted molar refractivity (Wildman–Crippen MR) is 128 cm³/mol. The van der Waals surface area contributed by atoms with Gasteiger partial charge in [-0.25, -0.2) is 0 Å². The molecule has 0 aromatic rings. The summed E-state index contributed by atoms with van der Waals surface area (Å²) in [6.07, 6.45) is 7.30. The van der Waals surface area contributed by atoms with E-state index in [1.165, 1.54) is 35.7 Å². The minimum atomic E-state index is -1.73. The molecular weight excluding hydrogens is 388 g/mol. The van der Waals surface area contributed by atoms with Crippen molar-refractivity contribution in [3.8, 4) is 0 Å². The summed E-state index contributed by atoms with van der Waals surface area (Å²) in [4.78, 5) is 0. The number of rotatable bonds is 7. The maximum Gasteiger partial charge on any atom is 0.192 e. The minimum Gasteiger partial charge on any atom is -0.410 e. The van der Waals surface area contributed by atoms with Crippen LogP contribution in [0.2, 0.25) is 18.1 Å². The molecular formula is C26H46O3Si. The van der Waals surface area contributed by atoms with Crippen LogP contribution in [0.4, 0.5) is 0 Å². The molecule has 3 rings (SSSR count). The molecule has 0 spiro atoms. The molecule has 1 saturated carbocycles. The molecule has 1 fully saturated rings. The molecule has 3 aliphatic carbocycles. The topological polar surface area (TPSA) is 49.7 Å². The number of hydrogen-bond donors (Lipinski definition) is 2. The normalized spacial score (nSPS) is 37.1. The van der Waals surface area contributed by atoms with Crippen LogP contribution in [-0.2, 0) is 4.43 Å². The van der Waals surface area contributed by atoms with Gasteiger partial charge in [-0.3, -0.25) is 0 Å². The fraction of sp³-hybridized carbons (Fsp3) is 0.846. The zero-order chi connectivity index (χ0) is 22.3. The van der Waals surface area contributed by atoms with Gasteiger partial charge in [-0.15, -0.1) is 0 Å². The standard InChI is InChI=1S/C26H46O3Si/c1-8-30(9-2,10-3)29-24-16-20(18(4)5)26(7)14-13-25(6)12-11-23(28)19(17-27)21(25)15-22(24)26/h15,18,20,23-24,27-28H,8-14,16-17H2,1-7H3/t20-,23-,24+,25+,26-/m1/s1. The van der Waals surface area contributed by atoms with Gasteiger partial charge in [0.25, 0.3) is 0 Å². The van der Waals surface area contributed by atoms with Crippen molar-refractivity contribution in [2.75, 3.05) is 6.61 Å². The molecule has 0 aliphatic heterocycles. The largest absolute Gasteiger partial charge is 0.410 e. The Bertz CT molecular complexity index is 684. The van der Waals surface area contributed by atoms with Crippen LogP contribution < -0.4 is 0 Å². The van der Waals surface area contributed by atoms with Crippen molar-refractivity contribution in [2.45, 2.75) is 111 Å². The number of fused-ring (bicyclic) bond motifs is 2. The highest BCUT2D eigenvalue weighted by atomic mass is 28.4. The van der Waals surface area contributed by atoms with E-state index in [1.807, 2.05) is 0 Å². The van der Waals surface area contributed by atoms with Crippen molar-refractivity contribution in [1.82, 2.24) is 0 Å². The van der Waals surface area contributed by atoms with Crippen LogP contribution in [0.15, 0.2) is 22.8 Å². The summed E-state index contributed by atoms with van der Waals surface area (Å²) in [5.41, 5.74) is 3.74. The second-order valence-electron chi connectivity index (χ2n) is 11.2. The van der Waals surface area contributed by atoms with E-state index in [4.69, 9.17) is 4.43 Å². The summed E-state index contributed by atoms with van der Waals surface area (Å²) < 4.78 is 7.15. The van der Waals surface area contributed by atoms with Crippen molar-refractivity contribution >= 4 is 8.32 Å². The Hall–Kier alpha value is -0.423. The summed E-state index contributed by atoms with van der Waals surface area (Å²) in [7, 11) is -1.73. The van der Waals surface area contributed by atoms with E-state index in [-0.39, 0.29) is 23.5 Å². The molecule has 0 aromatic carbocycles. The van der Waals surface area contributed by atoms with Crippen LogP contribution in [-0.4, -0.2) is 37.3 Å². The summed E-state index contributed by atoms with van der Waals surface area (Å²) in [6, 6.07) is 3.52. The van der Waals surface area contributed by atoms with Gasteiger partial charge in [0.05, 0.1) is 18.8 Å². The molecule has 3 aliphatic rings. The highest BCUT2D eigenvalue weighted by molar-refractivity contribution is 6.73. The number of hydrogen-bond acceptors (Lipinski definition) is 3. The lowest BCUT2D eigenvalue weighted by molar-refractivity contribution is 0.124. The molecule has 30 heavy (non-hydrogen) atoms. The van der Waals surface area contributed by atoms with Gasteiger partial charge < -0.3 is 14.6 Å². The van der Waals surface area contributed by atoms with Crippen LogP contribution in [0.1, 0.15) is 80.6 Å². The Morgan fingerprint density at radius 3 is 2.27 bits per heavy atom. The molecule has 0 saturated heterocycles. The van der Waals surface area contributed by atoms with Crippen molar-refractivity contribution in [2.24, 2.45) is 22.7 Å². The lowest BCUT2D eigenvalue weighted by Crippen LogP contribution is -2.40. The highest BCUT2D eigenvalue weighted by Crippen LogP contribution is 2.60.